The van der Waals surface area contributed by atoms with Crippen LogP contribution >= 0.6 is 0 Å². The van der Waals surface area contributed by atoms with Gasteiger partial charge in [-0.25, -0.2) is 0 Å². The molecule has 1 aliphatic heterocycles. The van der Waals surface area contributed by atoms with Crippen molar-refractivity contribution in [1.29, 1.82) is 0 Å². The van der Waals surface area contributed by atoms with Crippen molar-refractivity contribution < 1.29 is 4.74 Å². The van der Waals surface area contributed by atoms with Gasteiger partial charge < -0.3 is 14.5 Å². The largest absolute Gasteiger partial charge is 0.380 e. The molecule has 0 bridgehead atoms. The van der Waals surface area contributed by atoms with Crippen molar-refractivity contribution in [3.63, 3.8) is 0 Å². The lowest BCUT2D eigenvalue weighted by molar-refractivity contribution is 0.123. The van der Waals surface area contributed by atoms with Crippen molar-refractivity contribution in [2.45, 2.75) is 13.0 Å². The summed E-state index contributed by atoms with van der Waals surface area (Å²) in [7, 11) is 3.92. The van der Waals surface area contributed by atoms with Crippen molar-refractivity contribution in [3.05, 3.63) is 24.3 Å². The average molecular weight is 220 g/mol. The fourth-order valence-corrected chi connectivity index (χ4v) is 2.14. The quantitative estimate of drug-likeness (QED) is 0.774. The van der Waals surface area contributed by atoms with Crippen LogP contribution < -0.4 is 9.80 Å². The lowest BCUT2D eigenvalue weighted by Crippen LogP contribution is -2.42. The van der Waals surface area contributed by atoms with Gasteiger partial charge in [-0.2, -0.15) is 0 Å². The summed E-state index contributed by atoms with van der Waals surface area (Å²) in [4.78, 5) is 4.72. The van der Waals surface area contributed by atoms with E-state index < -0.39 is 0 Å². The molecule has 0 fully saturated rings. The number of methoxy groups -OCH3 is 1. The molecule has 3 heteroatoms. The summed E-state index contributed by atoms with van der Waals surface area (Å²) < 4.78 is 5.34. The molecule has 1 unspecified atom stereocenters. The summed E-state index contributed by atoms with van der Waals surface area (Å²) in [5.41, 5.74) is 2.64. The summed E-state index contributed by atoms with van der Waals surface area (Å²) in [6, 6.07) is 8.56. The molecule has 0 aromatic heterocycles. The van der Waals surface area contributed by atoms with Gasteiger partial charge in [0.05, 0.1) is 17.5 Å². The molecule has 1 aromatic carbocycles. The number of benzene rings is 1. The van der Waals surface area contributed by atoms with E-state index in [1.54, 1.807) is 7.11 Å². The van der Waals surface area contributed by atoms with Crippen molar-refractivity contribution in [3.8, 4) is 0 Å². The van der Waals surface area contributed by atoms with Gasteiger partial charge in [0, 0.05) is 33.8 Å². The standard InChI is InChI=1S/C13H20N2O/c1-11(16-3)10-15-9-8-14(2)12-6-4-5-7-13(12)15/h4-7,11H,8-10H2,1-3H3. The number of hydrogen-bond acceptors (Lipinski definition) is 3. The molecule has 16 heavy (non-hydrogen) atoms. The van der Waals surface area contributed by atoms with Crippen LogP contribution in [0.2, 0.25) is 0 Å². The first kappa shape index (κ1) is 11.3. The lowest BCUT2D eigenvalue weighted by Gasteiger charge is -2.38. The van der Waals surface area contributed by atoms with Gasteiger partial charge in [-0.3, -0.25) is 0 Å². The van der Waals surface area contributed by atoms with Crippen LogP contribution in [0.1, 0.15) is 6.92 Å². The van der Waals surface area contributed by atoms with Crippen LogP contribution in [0.4, 0.5) is 11.4 Å². The first-order chi connectivity index (χ1) is 7.72. The number of nitrogens with zero attached hydrogens (tertiary/aromatic N) is 2. The fraction of sp³-hybridized carbons (Fsp3) is 0.538. The molecular formula is C13H20N2O. The zero-order valence-corrected chi connectivity index (χ0v) is 10.3. The predicted molar refractivity (Wildman–Crippen MR) is 68.4 cm³/mol. The third kappa shape index (κ3) is 2.14. The first-order valence-electron chi connectivity index (χ1n) is 5.80. The number of rotatable bonds is 3. The Morgan fingerprint density at radius 3 is 2.62 bits per heavy atom. The Morgan fingerprint density at radius 2 is 1.94 bits per heavy atom. The van der Waals surface area contributed by atoms with Crippen LogP contribution in [-0.4, -0.2) is 39.9 Å². The molecule has 1 heterocycles. The van der Waals surface area contributed by atoms with Gasteiger partial charge in [0.1, 0.15) is 0 Å². The van der Waals surface area contributed by atoms with E-state index in [-0.39, 0.29) is 6.10 Å². The van der Waals surface area contributed by atoms with E-state index in [2.05, 4.69) is 48.0 Å². The smallest absolute Gasteiger partial charge is 0.0718 e. The maximum atomic E-state index is 5.34. The van der Waals surface area contributed by atoms with E-state index in [0.717, 1.165) is 19.6 Å². The normalized spacial score (nSPS) is 17.2. The third-order valence-electron chi connectivity index (χ3n) is 3.22. The second kappa shape index (κ2) is 4.74. The zero-order valence-electron chi connectivity index (χ0n) is 10.3. The van der Waals surface area contributed by atoms with E-state index in [1.807, 2.05) is 0 Å². The molecule has 2 rings (SSSR count). The number of likely N-dealkylation sites (N-methyl/N-ethyl adjacent to an activating group) is 1. The second-order valence-electron chi connectivity index (χ2n) is 4.40. The summed E-state index contributed by atoms with van der Waals surface area (Å²) >= 11 is 0. The number of anilines is 2. The maximum Gasteiger partial charge on any atom is 0.0718 e. The van der Waals surface area contributed by atoms with Crippen LogP contribution in [0, 0.1) is 0 Å². The van der Waals surface area contributed by atoms with E-state index in [1.165, 1.54) is 11.4 Å². The van der Waals surface area contributed by atoms with Gasteiger partial charge in [-0.1, -0.05) is 12.1 Å². The van der Waals surface area contributed by atoms with E-state index in [4.69, 9.17) is 4.74 Å². The van der Waals surface area contributed by atoms with Crippen LogP contribution in [0.15, 0.2) is 24.3 Å². The van der Waals surface area contributed by atoms with E-state index >= 15 is 0 Å². The Hall–Kier alpha value is -1.22. The minimum absolute atomic E-state index is 0.275. The highest BCUT2D eigenvalue weighted by atomic mass is 16.5. The molecule has 0 spiro atoms. The lowest BCUT2D eigenvalue weighted by atomic mass is 10.1. The highest BCUT2D eigenvalue weighted by molar-refractivity contribution is 5.73. The highest BCUT2D eigenvalue weighted by Crippen LogP contribution is 2.31. The van der Waals surface area contributed by atoms with Crippen LogP contribution in [-0.2, 0) is 4.74 Å². The SMILES string of the molecule is COC(C)CN1CCN(C)c2ccccc21. The Morgan fingerprint density at radius 1 is 1.25 bits per heavy atom. The third-order valence-corrected chi connectivity index (χ3v) is 3.22. The number of hydrogen-bond donors (Lipinski definition) is 0. The molecule has 0 saturated carbocycles. The molecule has 1 atom stereocenters. The molecule has 88 valence electrons. The zero-order chi connectivity index (χ0) is 11.5. The first-order valence-corrected chi connectivity index (χ1v) is 5.80. The number of para-hydroxylation sites is 2. The van der Waals surface area contributed by atoms with Crippen molar-refractivity contribution in [2.24, 2.45) is 0 Å². The Kier molecular flexibility index (Phi) is 3.34. The second-order valence-corrected chi connectivity index (χ2v) is 4.40. The summed E-state index contributed by atoms with van der Waals surface area (Å²) in [6.45, 7) is 5.22. The van der Waals surface area contributed by atoms with Gasteiger partial charge >= 0.3 is 0 Å². The monoisotopic (exact) mass is 220 g/mol. The minimum atomic E-state index is 0.275. The molecule has 0 amide bonds. The molecule has 0 saturated heterocycles. The van der Waals surface area contributed by atoms with E-state index in [0.29, 0.717) is 0 Å². The molecule has 0 N–H and O–H groups in total. The Labute approximate surface area is 97.6 Å². The highest BCUT2D eigenvalue weighted by Gasteiger charge is 2.20. The average Bonchev–Trinajstić information content (AvgIpc) is 2.33. The summed E-state index contributed by atoms with van der Waals surface area (Å²) in [6.07, 6.45) is 0.275. The molecule has 1 aliphatic rings. The van der Waals surface area contributed by atoms with Crippen LogP contribution in [0.5, 0.6) is 0 Å². The fourth-order valence-electron chi connectivity index (χ4n) is 2.14. The van der Waals surface area contributed by atoms with Crippen molar-refractivity contribution >= 4 is 11.4 Å². The van der Waals surface area contributed by atoms with Gasteiger partial charge in [-0.15, -0.1) is 0 Å². The van der Waals surface area contributed by atoms with Crippen molar-refractivity contribution in [2.75, 3.05) is 43.6 Å². The Balaban J connectivity index is 2.21. The summed E-state index contributed by atoms with van der Waals surface area (Å²) in [5, 5.41) is 0. The molecule has 0 radical (unpaired) electrons. The van der Waals surface area contributed by atoms with Gasteiger partial charge in [0.15, 0.2) is 0 Å². The topological polar surface area (TPSA) is 15.7 Å². The maximum absolute atomic E-state index is 5.34. The molecule has 1 aromatic rings. The van der Waals surface area contributed by atoms with Gasteiger partial charge in [0.2, 0.25) is 0 Å². The van der Waals surface area contributed by atoms with Crippen LogP contribution in [0.25, 0.3) is 0 Å². The number of ether oxygens (including phenoxy) is 1. The predicted octanol–water partition coefficient (Wildman–Crippen LogP) is 1.98. The van der Waals surface area contributed by atoms with Gasteiger partial charge in [-0.05, 0) is 19.1 Å². The molecule has 3 nitrogen and oxygen atoms in total. The van der Waals surface area contributed by atoms with Crippen LogP contribution in [0.3, 0.4) is 0 Å². The molecule has 0 aliphatic carbocycles. The Bertz CT molecular complexity index is 354. The summed E-state index contributed by atoms with van der Waals surface area (Å²) in [5.74, 6) is 0. The molecular weight excluding hydrogens is 200 g/mol. The van der Waals surface area contributed by atoms with Crippen molar-refractivity contribution in [1.82, 2.24) is 0 Å². The van der Waals surface area contributed by atoms with E-state index in [9.17, 15) is 0 Å². The minimum Gasteiger partial charge on any atom is -0.380 e. The number of fused-ring (bicyclic) bond motifs is 1. The van der Waals surface area contributed by atoms with Gasteiger partial charge in [0.25, 0.3) is 0 Å².